The second kappa shape index (κ2) is 6.05. The van der Waals surface area contributed by atoms with Gasteiger partial charge in [0.15, 0.2) is 0 Å². The molecule has 0 aliphatic heterocycles. The van der Waals surface area contributed by atoms with Crippen molar-refractivity contribution >= 4 is 0 Å². The Hall–Kier alpha value is -0.0400. The van der Waals surface area contributed by atoms with Crippen LogP contribution in [-0.2, 0) is 0 Å². The molecule has 0 aromatic rings. The van der Waals surface area contributed by atoms with Gasteiger partial charge in [0, 0.05) is 6.04 Å². The summed E-state index contributed by atoms with van der Waals surface area (Å²) in [5.41, 5.74) is 0. The second-order valence-electron chi connectivity index (χ2n) is 5.93. The Labute approximate surface area is 101 Å². The first-order chi connectivity index (χ1) is 7.86. The molecule has 0 heterocycles. The summed E-state index contributed by atoms with van der Waals surface area (Å²) in [5.74, 6) is 3.05. The molecule has 16 heavy (non-hydrogen) atoms. The van der Waals surface area contributed by atoms with E-state index < -0.39 is 0 Å². The van der Waals surface area contributed by atoms with Crippen molar-refractivity contribution in [1.29, 1.82) is 0 Å². The highest BCUT2D eigenvalue weighted by atomic mass is 14.9. The Morgan fingerprint density at radius 2 is 1.81 bits per heavy atom. The first-order valence-electron chi connectivity index (χ1n) is 7.60. The highest BCUT2D eigenvalue weighted by Gasteiger charge is 2.39. The van der Waals surface area contributed by atoms with Crippen LogP contribution in [0.25, 0.3) is 0 Å². The van der Waals surface area contributed by atoms with Crippen LogP contribution < -0.4 is 5.32 Å². The van der Waals surface area contributed by atoms with Crippen molar-refractivity contribution in [3.05, 3.63) is 0 Å². The zero-order chi connectivity index (χ0) is 11.4. The molecule has 1 N–H and O–H groups in total. The molecule has 0 spiro atoms. The van der Waals surface area contributed by atoms with E-state index >= 15 is 0 Å². The van der Waals surface area contributed by atoms with Crippen LogP contribution in [0.1, 0.15) is 65.2 Å². The second-order valence-corrected chi connectivity index (χ2v) is 5.93. The van der Waals surface area contributed by atoms with E-state index in [2.05, 4.69) is 19.2 Å². The van der Waals surface area contributed by atoms with Crippen molar-refractivity contribution < 1.29 is 0 Å². The van der Waals surface area contributed by atoms with Crippen LogP contribution in [0, 0.1) is 17.8 Å². The van der Waals surface area contributed by atoms with Crippen LogP contribution in [0.5, 0.6) is 0 Å². The maximum atomic E-state index is 3.87. The molecule has 2 aliphatic rings. The molecule has 1 heteroatoms. The summed E-state index contributed by atoms with van der Waals surface area (Å²) in [6, 6.07) is 0.866. The minimum Gasteiger partial charge on any atom is -0.313 e. The molecule has 0 bridgehead atoms. The Bertz CT molecular complexity index is 198. The van der Waals surface area contributed by atoms with E-state index in [9.17, 15) is 0 Å². The number of rotatable bonds is 6. The molecule has 3 unspecified atom stereocenters. The van der Waals surface area contributed by atoms with Crippen LogP contribution in [0.4, 0.5) is 0 Å². The maximum absolute atomic E-state index is 3.87. The van der Waals surface area contributed by atoms with Gasteiger partial charge in [-0.15, -0.1) is 0 Å². The molecule has 2 rings (SSSR count). The van der Waals surface area contributed by atoms with Gasteiger partial charge < -0.3 is 5.32 Å². The van der Waals surface area contributed by atoms with Gasteiger partial charge in [-0.25, -0.2) is 0 Å². The lowest BCUT2D eigenvalue weighted by molar-refractivity contribution is 0.162. The highest BCUT2D eigenvalue weighted by Crippen LogP contribution is 2.43. The topological polar surface area (TPSA) is 12.0 Å². The predicted octanol–water partition coefficient (Wildman–Crippen LogP) is 3.98. The Morgan fingerprint density at radius 3 is 2.44 bits per heavy atom. The summed E-state index contributed by atoms with van der Waals surface area (Å²) < 4.78 is 0. The van der Waals surface area contributed by atoms with Crippen molar-refractivity contribution in [3.63, 3.8) is 0 Å². The molecule has 2 aliphatic carbocycles. The molecule has 0 amide bonds. The highest BCUT2D eigenvalue weighted by molar-refractivity contribution is 4.94. The van der Waals surface area contributed by atoms with E-state index in [-0.39, 0.29) is 0 Å². The molecule has 94 valence electrons. The van der Waals surface area contributed by atoms with Crippen LogP contribution in [-0.4, -0.2) is 12.6 Å². The van der Waals surface area contributed by atoms with Crippen molar-refractivity contribution in [3.8, 4) is 0 Å². The summed E-state index contributed by atoms with van der Waals surface area (Å²) in [6.07, 6.45) is 11.6. The first kappa shape index (κ1) is 12.4. The number of hydrogen-bond donors (Lipinski definition) is 1. The Kier molecular flexibility index (Phi) is 4.69. The van der Waals surface area contributed by atoms with Crippen LogP contribution >= 0.6 is 0 Å². The normalized spacial score (nSPS) is 32.6. The van der Waals surface area contributed by atoms with Gasteiger partial charge >= 0.3 is 0 Å². The van der Waals surface area contributed by atoms with Crippen molar-refractivity contribution in [2.24, 2.45) is 17.8 Å². The molecule has 3 atom stereocenters. The molecule has 0 aromatic heterocycles. The van der Waals surface area contributed by atoms with Gasteiger partial charge in [0.25, 0.3) is 0 Å². The quantitative estimate of drug-likeness (QED) is 0.718. The lowest BCUT2D eigenvalue weighted by Gasteiger charge is -2.37. The number of nitrogens with one attached hydrogen (secondary N) is 1. The largest absolute Gasteiger partial charge is 0.313 e. The van der Waals surface area contributed by atoms with Gasteiger partial charge in [0.2, 0.25) is 0 Å². The third-order valence-corrected chi connectivity index (χ3v) is 4.71. The summed E-state index contributed by atoms with van der Waals surface area (Å²) in [4.78, 5) is 0. The fourth-order valence-corrected chi connectivity index (χ4v) is 3.65. The average molecular weight is 223 g/mol. The molecule has 0 aromatic carbocycles. The van der Waals surface area contributed by atoms with E-state index in [1.54, 1.807) is 0 Å². The maximum Gasteiger partial charge on any atom is 0.0126 e. The van der Waals surface area contributed by atoms with Crippen LogP contribution in [0.2, 0.25) is 0 Å². The van der Waals surface area contributed by atoms with E-state index in [0.29, 0.717) is 0 Å². The summed E-state index contributed by atoms with van der Waals surface area (Å²) in [7, 11) is 0. The van der Waals surface area contributed by atoms with Crippen molar-refractivity contribution in [2.45, 2.75) is 71.3 Å². The van der Waals surface area contributed by atoms with Crippen molar-refractivity contribution in [1.82, 2.24) is 5.32 Å². The summed E-state index contributed by atoms with van der Waals surface area (Å²) in [6.45, 7) is 5.91. The van der Waals surface area contributed by atoms with Gasteiger partial charge in [0.1, 0.15) is 0 Å². The minimum absolute atomic E-state index is 0.866. The standard InChI is InChI=1S/C15H29N/c1-3-11-16-15(13-9-10-13)14-8-6-5-7-12(14)4-2/h12-16H,3-11H2,1-2H3. The Morgan fingerprint density at radius 1 is 1.06 bits per heavy atom. The lowest BCUT2D eigenvalue weighted by Crippen LogP contribution is -2.43. The molecule has 0 radical (unpaired) electrons. The fraction of sp³-hybridized carbons (Fsp3) is 1.00. The van der Waals surface area contributed by atoms with E-state index in [4.69, 9.17) is 0 Å². The lowest BCUT2D eigenvalue weighted by atomic mass is 9.73. The molecule has 2 saturated carbocycles. The molecular weight excluding hydrogens is 194 g/mol. The SMILES string of the molecule is CCCNC(C1CC1)C1CCCCC1CC. The zero-order valence-corrected chi connectivity index (χ0v) is 11.2. The third-order valence-electron chi connectivity index (χ3n) is 4.71. The summed E-state index contributed by atoms with van der Waals surface area (Å²) >= 11 is 0. The zero-order valence-electron chi connectivity index (χ0n) is 11.2. The average Bonchev–Trinajstić information content (AvgIpc) is 3.14. The molecule has 0 saturated heterocycles. The van der Waals surface area contributed by atoms with E-state index in [1.807, 2.05) is 0 Å². The Balaban J connectivity index is 1.93. The van der Waals surface area contributed by atoms with Gasteiger partial charge in [-0.05, 0) is 50.0 Å². The van der Waals surface area contributed by atoms with Crippen LogP contribution in [0.15, 0.2) is 0 Å². The van der Waals surface area contributed by atoms with Gasteiger partial charge in [-0.1, -0.05) is 39.5 Å². The van der Waals surface area contributed by atoms with Gasteiger partial charge in [0.05, 0.1) is 0 Å². The smallest absolute Gasteiger partial charge is 0.0126 e. The first-order valence-corrected chi connectivity index (χ1v) is 7.60. The summed E-state index contributed by atoms with van der Waals surface area (Å²) in [5, 5.41) is 3.87. The molecule has 1 nitrogen and oxygen atoms in total. The van der Waals surface area contributed by atoms with Gasteiger partial charge in [-0.2, -0.15) is 0 Å². The molecular formula is C15H29N. The van der Waals surface area contributed by atoms with Crippen molar-refractivity contribution in [2.75, 3.05) is 6.54 Å². The molecule has 2 fully saturated rings. The monoisotopic (exact) mass is 223 g/mol. The fourth-order valence-electron chi connectivity index (χ4n) is 3.65. The van der Waals surface area contributed by atoms with E-state index in [1.165, 1.54) is 57.9 Å². The van der Waals surface area contributed by atoms with E-state index in [0.717, 1.165) is 23.8 Å². The van der Waals surface area contributed by atoms with Crippen LogP contribution in [0.3, 0.4) is 0 Å². The van der Waals surface area contributed by atoms with Gasteiger partial charge in [-0.3, -0.25) is 0 Å². The minimum atomic E-state index is 0.866. The number of hydrogen-bond acceptors (Lipinski definition) is 1. The predicted molar refractivity (Wildman–Crippen MR) is 70.5 cm³/mol. The third kappa shape index (κ3) is 3.00.